The number of unbranched alkanes of at least 4 members (excludes halogenated alkanes) is 6. The summed E-state index contributed by atoms with van der Waals surface area (Å²) in [5, 5.41) is 12.5. The molecule has 0 saturated heterocycles. The Morgan fingerprint density at radius 3 is 1.35 bits per heavy atom. The number of hydrogen-bond acceptors (Lipinski definition) is 11. The number of hydroxylamine groups is 6. The summed E-state index contributed by atoms with van der Waals surface area (Å²) in [4.78, 5) is 99.9. The van der Waals surface area contributed by atoms with Gasteiger partial charge in [-0.15, -0.1) is 0 Å². The van der Waals surface area contributed by atoms with E-state index in [0.717, 1.165) is 38.5 Å². The van der Waals surface area contributed by atoms with E-state index in [2.05, 4.69) is 16.0 Å². The molecule has 0 unspecified atom stereocenters. The van der Waals surface area contributed by atoms with Crippen LogP contribution in [0.4, 0.5) is 5.69 Å². The maximum atomic E-state index is 12.6. The fourth-order valence-corrected chi connectivity index (χ4v) is 5.50. The van der Waals surface area contributed by atoms with E-state index >= 15 is 0 Å². The van der Waals surface area contributed by atoms with Crippen molar-refractivity contribution in [1.29, 1.82) is 0 Å². The van der Waals surface area contributed by atoms with Gasteiger partial charge in [0.15, 0.2) is 0 Å². The molecule has 0 aliphatic rings. The number of rotatable bonds is 28. The van der Waals surface area contributed by atoms with Gasteiger partial charge in [0.05, 0.1) is 27.0 Å². The Morgan fingerprint density at radius 1 is 0.558 bits per heavy atom. The molecule has 0 saturated carbocycles. The van der Waals surface area contributed by atoms with Gasteiger partial charge in [-0.05, 0) is 63.2 Å². The van der Waals surface area contributed by atoms with Gasteiger partial charge in [0.1, 0.15) is 0 Å². The van der Waals surface area contributed by atoms with E-state index in [4.69, 9.17) is 14.5 Å². The molecule has 0 aromatic heterocycles. The fourth-order valence-electron chi connectivity index (χ4n) is 5.50. The lowest BCUT2D eigenvalue weighted by Gasteiger charge is -2.24. The molecule has 1 aromatic carbocycles. The third-order valence-corrected chi connectivity index (χ3v) is 8.42. The minimum atomic E-state index is -0.466. The van der Waals surface area contributed by atoms with Crippen LogP contribution in [-0.2, 0) is 43.9 Å². The van der Waals surface area contributed by atoms with Crippen molar-refractivity contribution in [3.8, 4) is 0 Å². The standard InChI is InChI=1S/C36H62N6O10/c1-27(43)40(50-5)24-14-8-11-21-37-28(44)17-19-30(46)41(51-6)25-15-9-12-22-38-29(45)18-20-31(47)42(52-7)26-16-10-13-23-39-33-32(36(2,3)4)34(48)35(33)49/h39H,8-26H2,1-7H3,(H,37,44)(H,38,45). The smallest absolute Gasteiger partial charge is 0.249 e. The third kappa shape index (κ3) is 17.6. The minimum absolute atomic E-state index is 0.0139. The molecule has 0 aliphatic heterocycles. The topological polar surface area (TPSA) is 193 Å². The highest BCUT2D eigenvalue weighted by Crippen LogP contribution is 2.25. The Kier molecular flexibility index (Phi) is 22.3. The Labute approximate surface area is 307 Å². The van der Waals surface area contributed by atoms with Gasteiger partial charge in [-0.3, -0.25) is 48.1 Å². The summed E-state index contributed by atoms with van der Waals surface area (Å²) >= 11 is 0. The summed E-state index contributed by atoms with van der Waals surface area (Å²) in [5.74, 6) is -1.17. The summed E-state index contributed by atoms with van der Waals surface area (Å²) in [6.45, 7) is 9.83. The molecule has 52 heavy (non-hydrogen) atoms. The first-order chi connectivity index (χ1) is 24.7. The van der Waals surface area contributed by atoms with Gasteiger partial charge in [-0.2, -0.15) is 0 Å². The molecule has 1 aromatic rings. The minimum Gasteiger partial charge on any atom is -0.381 e. The highest BCUT2D eigenvalue weighted by Gasteiger charge is 2.30. The Bertz CT molecular complexity index is 1340. The first-order valence-electron chi connectivity index (χ1n) is 18.3. The zero-order valence-electron chi connectivity index (χ0n) is 32.4. The van der Waals surface area contributed by atoms with Gasteiger partial charge >= 0.3 is 0 Å². The average Bonchev–Trinajstić information content (AvgIpc) is 3.10. The maximum Gasteiger partial charge on any atom is 0.249 e. The molecule has 0 spiro atoms. The summed E-state index contributed by atoms with van der Waals surface area (Å²) in [7, 11) is 4.27. The predicted molar refractivity (Wildman–Crippen MR) is 196 cm³/mol. The van der Waals surface area contributed by atoms with Crippen molar-refractivity contribution in [3.05, 3.63) is 26.0 Å². The van der Waals surface area contributed by atoms with Crippen molar-refractivity contribution < 1.29 is 38.5 Å². The van der Waals surface area contributed by atoms with Crippen LogP contribution in [0.15, 0.2) is 9.59 Å². The summed E-state index contributed by atoms with van der Waals surface area (Å²) in [5.41, 5.74) is -0.323. The predicted octanol–water partition coefficient (Wildman–Crippen LogP) is 2.49. The lowest BCUT2D eigenvalue weighted by molar-refractivity contribution is -0.177. The van der Waals surface area contributed by atoms with Crippen LogP contribution in [0.2, 0.25) is 0 Å². The van der Waals surface area contributed by atoms with Gasteiger partial charge in [0.25, 0.3) is 0 Å². The molecule has 0 bridgehead atoms. The monoisotopic (exact) mass is 738 g/mol. The second-order valence-electron chi connectivity index (χ2n) is 13.6. The lowest BCUT2D eigenvalue weighted by atomic mass is 9.82. The highest BCUT2D eigenvalue weighted by molar-refractivity contribution is 5.84. The lowest BCUT2D eigenvalue weighted by Crippen LogP contribution is -2.43. The van der Waals surface area contributed by atoms with Gasteiger partial charge < -0.3 is 16.0 Å². The summed E-state index contributed by atoms with van der Waals surface area (Å²) < 4.78 is 0. The van der Waals surface area contributed by atoms with Crippen molar-refractivity contribution in [2.75, 3.05) is 65.9 Å². The number of nitrogens with zero attached hydrogens (tertiary/aromatic N) is 3. The van der Waals surface area contributed by atoms with Crippen LogP contribution in [0, 0.1) is 0 Å². The molecule has 296 valence electrons. The van der Waals surface area contributed by atoms with Crippen LogP contribution < -0.4 is 26.8 Å². The molecule has 0 heterocycles. The molecular formula is C36H62N6O10. The molecule has 0 fully saturated rings. The summed E-state index contributed by atoms with van der Waals surface area (Å²) in [6, 6.07) is 0. The van der Waals surface area contributed by atoms with Crippen molar-refractivity contribution in [2.24, 2.45) is 0 Å². The fraction of sp³-hybridized carbons (Fsp3) is 0.750. The van der Waals surface area contributed by atoms with Crippen LogP contribution in [0.25, 0.3) is 0 Å². The van der Waals surface area contributed by atoms with E-state index in [0.29, 0.717) is 69.8 Å². The highest BCUT2D eigenvalue weighted by atomic mass is 16.7. The second-order valence-corrected chi connectivity index (χ2v) is 13.6. The number of nitrogens with one attached hydrogen (secondary N) is 3. The number of amides is 5. The first kappa shape index (κ1) is 46.1. The van der Waals surface area contributed by atoms with E-state index in [1.54, 1.807) is 0 Å². The van der Waals surface area contributed by atoms with Gasteiger partial charge in [0.2, 0.25) is 40.4 Å². The normalized spacial score (nSPS) is 11.3. The Balaban J connectivity index is 2.14. The molecule has 1 rings (SSSR count). The molecule has 5 amide bonds. The number of anilines is 1. The number of hydrogen-bond donors (Lipinski definition) is 3. The van der Waals surface area contributed by atoms with Crippen LogP contribution in [0.5, 0.6) is 0 Å². The van der Waals surface area contributed by atoms with Gasteiger partial charge in [-0.25, -0.2) is 15.2 Å². The van der Waals surface area contributed by atoms with E-state index < -0.39 is 10.9 Å². The maximum absolute atomic E-state index is 12.6. The van der Waals surface area contributed by atoms with E-state index in [9.17, 15) is 33.6 Å². The Morgan fingerprint density at radius 2 is 0.962 bits per heavy atom. The zero-order valence-corrected chi connectivity index (χ0v) is 32.4. The molecule has 3 N–H and O–H groups in total. The SMILES string of the molecule is CON(CCCCCNC(=O)CCC(=O)N(CCCCCNC(=O)CCC(=O)N(CCCCCNc1c(C(C)(C)C)c(=O)c1=O)OC)OC)C(C)=O. The van der Waals surface area contributed by atoms with Gasteiger partial charge in [-0.1, -0.05) is 20.8 Å². The molecule has 0 atom stereocenters. The zero-order chi connectivity index (χ0) is 39.1. The van der Waals surface area contributed by atoms with Gasteiger partial charge in [0, 0.05) is 77.4 Å². The van der Waals surface area contributed by atoms with E-state index in [1.165, 1.54) is 43.4 Å². The molecular weight excluding hydrogens is 676 g/mol. The van der Waals surface area contributed by atoms with E-state index in [1.807, 2.05) is 20.8 Å². The quantitative estimate of drug-likeness (QED) is 0.0650. The van der Waals surface area contributed by atoms with Crippen molar-refractivity contribution in [2.45, 2.75) is 117 Å². The number of carbonyl (C=O) groups excluding carboxylic acids is 5. The summed E-state index contributed by atoms with van der Waals surface area (Å²) in [6.07, 6.45) is 6.72. The van der Waals surface area contributed by atoms with Crippen molar-refractivity contribution >= 4 is 35.2 Å². The van der Waals surface area contributed by atoms with Crippen molar-refractivity contribution in [1.82, 2.24) is 25.8 Å². The van der Waals surface area contributed by atoms with Crippen LogP contribution in [-0.4, -0.2) is 105 Å². The largest absolute Gasteiger partial charge is 0.381 e. The third-order valence-electron chi connectivity index (χ3n) is 8.42. The molecule has 0 aliphatic carbocycles. The Hall–Kier alpha value is -3.89. The second kappa shape index (κ2) is 25.1. The number of carbonyl (C=O) groups is 5. The van der Waals surface area contributed by atoms with Crippen molar-refractivity contribution in [3.63, 3.8) is 0 Å². The van der Waals surface area contributed by atoms with Crippen LogP contribution in [0.3, 0.4) is 0 Å². The average molecular weight is 739 g/mol. The van der Waals surface area contributed by atoms with Crippen LogP contribution >= 0.6 is 0 Å². The van der Waals surface area contributed by atoms with E-state index in [-0.39, 0.29) is 60.6 Å². The van der Waals surface area contributed by atoms with Crippen LogP contribution in [0.1, 0.15) is 117 Å². The molecule has 16 heteroatoms. The first-order valence-corrected chi connectivity index (χ1v) is 18.3. The molecule has 16 nitrogen and oxygen atoms in total. The molecule has 0 radical (unpaired) electrons.